The number of hydrogen-bond donors (Lipinski definition) is 2. The summed E-state index contributed by atoms with van der Waals surface area (Å²) in [6.45, 7) is 3.80. The van der Waals surface area contributed by atoms with Crippen LogP contribution in [0.25, 0.3) is 0 Å². The van der Waals surface area contributed by atoms with E-state index in [1.807, 2.05) is 13.8 Å². The molecule has 0 aromatic rings. The molecular formula is C11H19NO5. The number of carbonyl (C=O) groups is 2. The predicted molar refractivity (Wildman–Crippen MR) is 59.7 cm³/mol. The number of amides is 1. The van der Waals surface area contributed by atoms with Gasteiger partial charge in [0, 0.05) is 0 Å². The summed E-state index contributed by atoms with van der Waals surface area (Å²) in [7, 11) is 1.21. The van der Waals surface area contributed by atoms with Crippen molar-refractivity contribution in [2.75, 3.05) is 7.11 Å². The molecule has 1 heterocycles. The molecule has 2 N–H and O–H groups in total. The average molecular weight is 245 g/mol. The number of rotatable bonds is 3. The van der Waals surface area contributed by atoms with Gasteiger partial charge in [0.2, 0.25) is 0 Å². The number of hydrogen-bond acceptors (Lipinski definition) is 4. The summed E-state index contributed by atoms with van der Waals surface area (Å²) in [5.41, 5.74) is 0. The zero-order valence-electron chi connectivity index (χ0n) is 10.3. The Hall–Kier alpha value is -1.30. The molecule has 0 unspecified atom stereocenters. The first-order valence-electron chi connectivity index (χ1n) is 5.66. The van der Waals surface area contributed by atoms with Gasteiger partial charge in [-0.25, -0.2) is 9.59 Å². The van der Waals surface area contributed by atoms with E-state index < -0.39 is 18.1 Å². The van der Waals surface area contributed by atoms with Crippen LogP contribution in [0.4, 0.5) is 4.79 Å². The van der Waals surface area contributed by atoms with E-state index in [2.05, 4.69) is 10.1 Å². The normalized spacial score (nSPS) is 30.4. The molecule has 3 atom stereocenters. The second-order valence-electron chi connectivity index (χ2n) is 4.44. The van der Waals surface area contributed by atoms with E-state index in [-0.39, 0.29) is 18.1 Å². The van der Waals surface area contributed by atoms with Crippen LogP contribution in [0.2, 0.25) is 0 Å². The van der Waals surface area contributed by atoms with Crippen LogP contribution in [0.5, 0.6) is 0 Å². The smallest absolute Gasteiger partial charge is 0.407 e. The van der Waals surface area contributed by atoms with E-state index in [4.69, 9.17) is 9.84 Å². The lowest BCUT2D eigenvalue weighted by molar-refractivity contribution is -0.143. The summed E-state index contributed by atoms with van der Waals surface area (Å²) in [4.78, 5) is 22.3. The number of ether oxygens (including phenoxy) is 2. The largest absolute Gasteiger partial charge is 0.480 e. The minimum atomic E-state index is -1.04. The zero-order valence-corrected chi connectivity index (χ0v) is 10.3. The van der Waals surface area contributed by atoms with Gasteiger partial charge in [-0.15, -0.1) is 0 Å². The third-order valence-corrected chi connectivity index (χ3v) is 2.93. The number of carbonyl (C=O) groups excluding carboxylic acids is 1. The number of alkyl carbamates (subject to hydrolysis) is 1. The van der Waals surface area contributed by atoms with Crippen LogP contribution < -0.4 is 5.32 Å². The second-order valence-corrected chi connectivity index (χ2v) is 4.44. The summed E-state index contributed by atoms with van der Waals surface area (Å²) < 4.78 is 9.97. The highest BCUT2D eigenvalue weighted by Crippen LogP contribution is 2.27. The fraction of sp³-hybridized carbons (Fsp3) is 0.818. The number of methoxy groups -OCH3 is 1. The van der Waals surface area contributed by atoms with Crippen molar-refractivity contribution in [3.8, 4) is 0 Å². The van der Waals surface area contributed by atoms with Gasteiger partial charge in [-0.1, -0.05) is 0 Å². The number of nitrogens with one attached hydrogen (secondary N) is 1. The molecule has 1 saturated heterocycles. The minimum Gasteiger partial charge on any atom is -0.480 e. The summed E-state index contributed by atoms with van der Waals surface area (Å²) in [5, 5.41) is 11.5. The Balaban J connectivity index is 2.69. The Morgan fingerprint density at radius 2 is 1.88 bits per heavy atom. The van der Waals surface area contributed by atoms with Crippen molar-refractivity contribution < 1.29 is 24.2 Å². The highest BCUT2D eigenvalue weighted by Gasteiger charge is 2.35. The predicted octanol–water partition coefficient (Wildman–Crippen LogP) is 0.999. The van der Waals surface area contributed by atoms with Gasteiger partial charge in [-0.05, 0) is 32.6 Å². The Morgan fingerprint density at radius 3 is 2.29 bits per heavy atom. The van der Waals surface area contributed by atoms with Gasteiger partial charge in [0.25, 0.3) is 0 Å². The van der Waals surface area contributed by atoms with E-state index in [1.165, 1.54) is 7.11 Å². The molecule has 0 aromatic heterocycles. The summed E-state index contributed by atoms with van der Waals surface area (Å²) in [6.07, 6.45) is 0.524. The molecule has 17 heavy (non-hydrogen) atoms. The molecule has 6 nitrogen and oxygen atoms in total. The monoisotopic (exact) mass is 245 g/mol. The minimum absolute atomic E-state index is 0.00467. The average Bonchev–Trinajstić information content (AvgIpc) is 2.23. The van der Waals surface area contributed by atoms with Gasteiger partial charge in [-0.3, -0.25) is 0 Å². The first kappa shape index (κ1) is 13.8. The van der Waals surface area contributed by atoms with Crippen LogP contribution in [-0.4, -0.2) is 42.5 Å². The molecule has 1 aliphatic heterocycles. The maximum Gasteiger partial charge on any atom is 0.407 e. The summed E-state index contributed by atoms with van der Waals surface area (Å²) >= 11 is 0. The first-order chi connectivity index (χ1) is 7.93. The van der Waals surface area contributed by atoms with Crippen molar-refractivity contribution in [3.05, 3.63) is 0 Å². The van der Waals surface area contributed by atoms with Gasteiger partial charge < -0.3 is 19.9 Å². The molecule has 1 amide bonds. The Morgan fingerprint density at radius 1 is 1.35 bits per heavy atom. The topological polar surface area (TPSA) is 84.9 Å². The molecule has 0 bridgehead atoms. The molecule has 0 radical (unpaired) electrons. The van der Waals surface area contributed by atoms with Crippen molar-refractivity contribution in [2.45, 2.75) is 44.9 Å². The van der Waals surface area contributed by atoms with Crippen LogP contribution in [0.3, 0.4) is 0 Å². The lowest BCUT2D eigenvalue weighted by Gasteiger charge is -2.35. The van der Waals surface area contributed by atoms with Gasteiger partial charge in [-0.2, -0.15) is 0 Å². The first-order valence-corrected chi connectivity index (χ1v) is 5.66. The maximum atomic E-state index is 11.2. The van der Waals surface area contributed by atoms with Crippen molar-refractivity contribution in [3.63, 3.8) is 0 Å². The molecule has 98 valence electrons. The Labute approximate surface area is 100 Å². The number of carboxylic acid groups (broad SMARTS) is 1. The van der Waals surface area contributed by atoms with E-state index in [0.717, 1.165) is 0 Å². The number of aliphatic carboxylic acids is 1. The van der Waals surface area contributed by atoms with E-state index >= 15 is 0 Å². The molecule has 6 heteroatoms. The van der Waals surface area contributed by atoms with Crippen LogP contribution >= 0.6 is 0 Å². The van der Waals surface area contributed by atoms with E-state index in [1.54, 1.807) is 0 Å². The highest BCUT2D eigenvalue weighted by molar-refractivity contribution is 5.80. The van der Waals surface area contributed by atoms with Crippen molar-refractivity contribution in [1.82, 2.24) is 5.32 Å². The van der Waals surface area contributed by atoms with E-state index in [0.29, 0.717) is 12.8 Å². The molecule has 0 aliphatic carbocycles. The lowest BCUT2D eigenvalue weighted by Crippen LogP contribution is -2.49. The third-order valence-electron chi connectivity index (χ3n) is 2.93. The molecule has 1 fully saturated rings. The summed E-state index contributed by atoms with van der Waals surface area (Å²) in [6, 6.07) is -0.920. The van der Waals surface area contributed by atoms with E-state index in [9.17, 15) is 9.59 Å². The fourth-order valence-corrected chi connectivity index (χ4v) is 2.30. The standard InChI is InChI=1S/C11H19NO5/c1-6-4-8(5-7(2)17-6)9(10(13)14)12-11(15)16-3/h6-9H,4-5H2,1-3H3,(H,12,15)(H,13,14)/t6-,7-,9-/m1/s1. The lowest BCUT2D eigenvalue weighted by atomic mass is 9.86. The van der Waals surface area contributed by atoms with Crippen molar-refractivity contribution in [1.29, 1.82) is 0 Å². The van der Waals surface area contributed by atoms with Crippen LogP contribution in [0.1, 0.15) is 26.7 Å². The SMILES string of the molecule is COC(=O)N[C@@H](C(=O)O)C1C[C@@H](C)O[C@H](C)C1. The fourth-order valence-electron chi connectivity index (χ4n) is 2.30. The van der Waals surface area contributed by atoms with Gasteiger partial charge in [0.15, 0.2) is 0 Å². The van der Waals surface area contributed by atoms with Gasteiger partial charge in [0.05, 0.1) is 19.3 Å². The third kappa shape index (κ3) is 3.89. The second kappa shape index (κ2) is 5.86. The highest BCUT2D eigenvalue weighted by atomic mass is 16.5. The molecular weight excluding hydrogens is 226 g/mol. The van der Waals surface area contributed by atoms with Crippen LogP contribution in [-0.2, 0) is 14.3 Å². The van der Waals surface area contributed by atoms with Crippen LogP contribution in [0.15, 0.2) is 0 Å². The molecule has 0 aromatic carbocycles. The Kier molecular flexibility index (Phi) is 4.74. The Bertz CT molecular complexity index is 284. The molecule has 0 spiro atoms. The molecule has 0 saturated carbocycles. The maximum absolute atomic E-state index is 11.2. The van der Waals surface area contributed by atoms with Crippen molar-refractivity contribution in [2.24, 2.45) is 5.92 Å². The molecule has 1 rings (SSSR count). The van der Waals surface area contributed by atoms with Gasteiger partial charge in [0.1, 0.15) is 6.04 Å². The van der Waals surface area contributed by atoms with Crippen LogP contribution in [0, 0.1) is 5.92 Å². The molecule has 1 aliphatic rings. The number of carboxylic acids is 1. The zero-order chi connectivity index (χ0) is 13.0. The summed E-state index contributed by atoms with van der Waals surface area (Å²) in [5.74, 6) is -1.17. The quantitative estimate of drug-likeness (QED) is 0.774. The van der Waals surface area contributed by atoms with Crippen molar-refractivity contribution >= 4 is 12.1 Å². The van der Waals surface area contributed by atoms with Gasteiger partial charge >= 0.3 is 12.1 Å².